The van der Waals surface area contributed by atoms with Crippen molar-refractivity contribution in [3.8, 4) is 5.75 Å². The number of benzene rings is 1. The first-order valence-corrected chi connectivity index (χ1v) is 5.79. The van der Waals surface area contributed by atoms with Crippen molar-refractivity contribution in [3.63, 3.8) is 0 Å². The zero-order valence-corrected chi connectivity index (χ0v) is 10.5. The fraction of sp³-hybridized carbons (Fsp3) is 0.286. The lowest BCUT2D eigenvalue weighted by Gasteiger charge is -2.09. The van der Waals surface area contributed by atoms with Gasteiger partial charge in [0.15, 0.2) is 0 Å². The highest BCUT2D eigenvalue weighted by Crippen LogP contribution is 2.21. The molecule has 0 amide bonds. The fourth-order valence-corrected chi connectivity index (χ4v) is 1.70. The summed E-state index contributed by atoms with van der Waals surface area (Å²) < 4.78 is 24.1. The smallest absolute Gasteiger partial charge is 0.126 e. The predicted octanol–water partition coefficient (Wildman–Crippen LogP) is 3.03. The molecule has 0 aliphatic rings. The average Bonchev–Trinajstić information content (AvgIpc) is 2.78. The van der Waals surface area contributed by atoms with Crippen LogP contribution in [0.5, 0.6) is 5.75 Å². The Balaban J connectivity index is 2.06. The number of ether oxygens (including phenoxy) is 1. The van der Waals surface area contributed by atoms with Crippen molar-refractivity contribution in [2.75, 3.05) is 7.05 Å². The largest absolute Gasteiger partial charge is 0.488 e. The minimum atomic E-state index is -0.293. The molecule has 18 heavy (non-hydrogen) atoms. The van der Waals surface area contributed by atoms with Crippen LogP contribution >= 0.6 is 0 Å². The minimum Gasteiger partial charge on any atom is -0.488 e. The lowest BCUT2D eigenvalue weighted by Crippen LogP contribution is -2.07. The quantitative estimate of drug-likeness (QED) is 0.884. The van der Waals surface area contributed by atoms with E-state index in [0.717, 1.165) is 16.9 Å². The zero-order chi connectivity index (χ0) is 13.0. The maximum Gasteiger partial charge on any atom is 0.126 e. The van der Waals surface area contributed by atoms with E-state index in [9.17, 15) is 4.39 Å². The van der Waals surface area contributed by atoms with Gasteiger partial charge < -0.3 is 14.5 Å². The lowest BCUT2D eigenvalue weighted by molar-refractivity contribution is 0.298. The second kappa shape index (κ2) is 5.69. The molecule has 2 aromatic rings. The highest BCUT2D eigenvalue weighted by molar-refractivity contribution is 5.33. The van der Waals surface area contributed by atoms with E-state index in [1.807, 2.05) is 20.0 Å². The maximum absolute atomic E-state index is 13.1. The van der Waals surface area contributed by atoms with Crippen LogP contribution in [0.25, 0.3) is 0 Å². The Bertz CT molecular complexity index is 522. The van der Waals surface area contributed by atoms with Gasteiger partial charge >= 0.3 is 0 Å². The molecule has 1 heterocycles. The molecule has 2 rings (SSSR count). The second-order valence-corrected chi connectivity index (χ2v) is 4.10. The molecule has 0 saturated heterocycles. The third-order valence-corrected chi connectivity index (χ3v) is 2.71. The van der Waals surface area contributed by atoms with Crippen LogP contribution in [-0.4, -0.2) is 7.05 Å². The summed E-state index contributed by atoms with van der Waals surface area (Å²) in [5, 5.41) is 3.02. The first-order chi connectivity index (χ1) is 8.70. The van der Waals surface area contributed by atoms with Crippen molar-refractivity contribution in [1.29, 1.82) is 0 Å². The van der Waals surface area contributed by atoms with E-state index in [1.54, 1.807) is 12.3 Å². The third-order valence-electron chi connectivity index (χ3n) is 2.71. The highest BCUT2D eigenvalue weighted by atomic mass is 19.1. The Kier molecular flexibility index (Phi) is 3.99. The molecule has 0 bridgehead atoms. The molecular weight excluding hydrogens is 233 g/mol. The van der Waals surface area contributed by atoms with E-state index in [0.29, 0.717) is 18.9 Å². The number of nitrogens with one attached hydrogen (secondary N) is 1. The molecule has 3 nitrogen and oxygen atoms in total. The van der Waals surface area contributed by atoms with Gasteiger partial charge in [-0.2, -0.15) is 0 Å². The second-order valence-electron chi connectivity index (χ2n) is 4.10. The molecule has 0 atom stereocenters. The van der Waals surface area contributed by atoms with Gasteiger partial charge in [0.2, 0.25) is 0 Å². The zero-order valence-electron chi connectivity index (χ0n) is 10.5. The summed E-state index contributed by atoms with van der Waals surface area (Å²) >= 11 is 0. The van der Waals surface area contributed by atoms with Crippen molar-refractivity contribution in [1.82, 2.24) is 5.32 Å². The Morgan fingerprint density at radius 2 is 2.17 bits per heavy atom. The van der Waals surface area contributed by atoms with Crippen molar-refractivity contribution in [2.24, 2.45) is 0 Å². The number of furan rings is 1. The van der Waals surface area contributed by atoms with Gasteiger partial charge in [-0.25, -0.2) is 4.39 Å². The van der Waals surface area contributed by atoms with Gasteiger partial charge in [0.05, 0.1) is 12.8 Å². The summed E-state index contributed by atoms with van der Waals surface area (Å²) in [6.07, 6.45) is 1.63. The maximum atomic E-state index is 13.1. The Morgan fingerprint density at radius 1 is 1.33 bits per heavy atom. The number of aryl methyl sites for hydroxylation is 1. The average molecular weight is 249 g/mol. The number of hydrogen-bond donors (Lipinski definition) is 1. The van der Waals surface area contributed by atoms with E-state index < -0.39 is 0 Å². The summed E-state index contributed by atoms with van der Waals surface area (Å²) in [5.74, 6) is 1.11. The van der Waals surface area contributed by atoms with Gasteiger partial charge in [0.1, 0.15) is 23.9 Å². The molecular formula is C14H16FNO2. The number of halogens is 1. The van der Waals surface area contributed by atoms with Gasteiger partial charge in [-0.15, -0.1) is 0 Å². The molecule has 0 unspecified atom stereocenters. The highest BCUT2D eigenvalue weighted by Gasteiger charge is 2.07. The van der Waals surface area contributed by atoms with Gasteiger partial charge in [-0.1, -0.05) is 6.07 Å². The molecule has 1 aromatic carbocycles. The van der Waals surface area contributed by atoms with E-state index in [1.165, 1.54) is 12.1 Å². The van der Waals surface area contributed by atoms with Crippen molar-refractivity contribution in [2.45, 2.75) is 20.1 Å². The fourth-order valence-electron chi connectivity index (χ4n) is 1.70. The van der Waals surface area contributed by atoms with Crippen LogP contribution in [0, 0.1) is 12.7 Å². The van der Waals surface area contributed by atoms with Crippen LogP contribution in [0.2, 0.25) is 0 Å². The summed E-state index contributed by atoms with van der Waals surface area (Å²) in [7, 11) is 1.85. The summed E-state index contributed by atoms with van der Waals surface area (Å²) in [6.45, 7) is 2.91. The Labute approximate surface area is 106 Å². The van der Waals surface area contributed by atoms with Gasteiger partial charge in [-0.3, -0.25) is 0 Å². The van der Waals surface area contributed by atoms with Gasteiger partial charge in [0.25, 0.3) is 0 Å². The van der Waals surface area contributed by atoms with Crippen LogP contribution < -0.4 is 10.1 Å². The lowest BCUT2D eigenvalue weighted by atomic mass is 10.2. The molecule has 0 radical (unpaired) electrons. The molecule has 1 aromatic heterocycles. The van der Waals surface area contributed by atoms with E-state index in [4.69, 9.17) is 9.15 Å². The standard InChI is InChI=1S/C14H16FNO2/c1-10-3-4-12(15)7-13(10)18-9-11-5-6-17-14(11)8-16-2/h3-7,16H,8-9H2,1-2H3. The van der Waals surface area contributed by atoms with Crippen LogP contribution in [0.4, 0.5) is 4.39 Å². The van der Waals surface area contributed by atoms with Crippen LogP contribution in [0.3, 0.4) is 0 Å². The number of hydrogen-bond acceptors (Lipinski definition) is 3. The van der Waals surface area contributed by atoms with Gasteiger partial charge in [0, 0.05) is 11.6 Å². The predicted molar refractivity (Wildman–Crippen MR) is 66.9 cm³/mol. The Morgan fingerprint density at radius 3 is 2.94 bits per heavy atom. The molecule has 0 fully saturated rings. The van der Waals surface area contributed by atoms with Crippen LogP contribution in [0.15, 0.2) is 34.9 Å². The molecule has 96 valence electrons. The first kappa shape index (κ1) is 12.6. The summed E-state index contributed by atoms with van der Waals surface area (Å²) in [6, 6.07) is 6.38. The van der Waals surface area contributed by atoms with E-state index in [2.05, 4.69) is 5.32 Å². The third kappa shape index (κ3) is 2.90. The van der Waals surface area contributed by atoms with Gasteiger partial charge in [-0.05, 0) is 31.7 Å². The summed E-state index contributed by atoms with van der Waals surface area (Å²) in [5.41, 5.74) is 1.88. The normalized spacial score (nSPS) is 10.6. The molecule has 0 aliphatic heterocycles. The monoisotopic (exact) mass is 249 g/mol. The molecule has 0 spiro atoms. The first-order valence-electron chi connectivity index (χ1n) is 5.79. The molecule has 0 aliphatic carbocycles. The summed E-state index contributed by atoms with van der Waals surface area (Å²) in [4.78, 5) is 0. The van der Waals surface area contributed by atoms with Crippen LogP contribution in [-0.2, 0) is 13.2 Å². The topological polar surface area (TPSA) is 34.4 Å². The van der Waals surface area contributed by atoms with E-state index >= 15 is 0 Å². The van der Waals surface area contributed by atoms with Crippen molar-refractivity contribution < 1.29 is 13.5 Å². The van der Waals surface area contributed by atoms with Crippen LogP contribution in [0.1, 0.15) is 16.9 Å². The molecule has 0 saturated carbocycles. The SMILES string of the molecule is CNCc1occc1COc1cc(F)ccc1C. The van der Waals surface area contributed by atoms with E-state index in [-0.39, 0.29) is 5.82 Å². The minimum absolute atomic E-state index is 0.293. The molecule has 4 heteroatoms. The Hall–Kier alpha value is -1.81. The van der Waals surface area contributed by atoms with Crippen molar-refractivity contribution >= 4 is 0 Å². The molecule has 1 N–H and O–H groups in total. The van der Waals surface area contributed by atoms with Crippen molar-refractivity contribution in [3.05, 3.63) is 53.2 Å². The number of rotatable bonds is 5.